The number of carbonyl (C=O) groups is 4. The van der Waals surface area contributed by atoms with E-state index in [2.05, 4.69) is 38.7 Å². The number of ether oxygens (including phenoxy) is 2. The number of hydrogen-bond acceptors (Lipinski definition) is 8. The Morgan fingerprint density at radius 3 is 1.55 bits per heavy atom. The molecule has 4 aromatic rings. The smallest absolute Gasteiger partial charge is 0.407 e. The van der Waals surface area contributed by atoms with Gasteiger partial charge >= 0.3 is 12.2 Å². The topological polar surface area (TPSA) is 175 Å². The average Bonchev–Trinajstić information content (AvgIpc) is 4.00. The van der Waals surface area contributed by atoms with Gasteiger partial charge in [0.05, 0.1) is 45.8 Å². The number of rotatable bonds is 11. The Morgan fingerprint density at radius 1 is 0.707 bits per heavy atom. The number of aromatic nitrogens is 4. The number of H-pyrrole nitrogens is 2. The first-order valence-corrected chi connectivity index (χ1v) is 23.7. The van der Waals surface area contributed by atoms with E-state index < -0.39 is 32.3 Å². The lowest BCUT2D eigenvalue weighted by Crippen LogP contribution is -2.52. The van der Waals surface area contributed by atoms with Gasteiger partial charge in [-0.1, -0.05) is 113 Å². The number of hydrogen-bond donors (Lipinski definition) is 4. The summed E-state index contributed by atoms with van der Waals surface area (Å²) >= 11 is 13.4. The molecule has 4 heterocycles. The molecule has 2 aliphatic heterocycles. The molecule has 2 aromatic carbocycles. The van der Waals surface area contributed by atoms with Crippen LogP contribution < -0.4 is 10.6 Å². The second kappa shape index (κ2) is 17.6. The lowest BCUT2D eigenvalue weighted by Gasteiger charge is -2.30. The fraction of sp³-hybridized carbons (Fsp3) is 0.463. The third-order valence-electron chi connectivity index (χ3n) is 11.0. The molecule has 0 unspecified atom stereocenters. The summed E-state index contributed by atoms with van der Waals surface area (Å²) in [6.07, 6.45) is 0.848. The molecule has 2 fully saturated rings. The van der Waals surface area contributed by atoms with E-state index in [1.165, 1.54) is 14.2 Å². The van der Waals surface area contributed by atoms with Crippen molar-refractivity contribution >= 4 is 55.3 Å². The molecule has 4 N–H and O–H groups in total. The normalized spacial score (nSPS) is 18.7. The lowest BCUT2D eigenvalue weighted by atomic mass is 10.0. The number of likely N-dealkylation sites (tertiary alicyclic amines) is 1. The van der Waals surface area contributed by atoms with Gasteiger partial charge in [0.25, 0.3) is 0 Å². The van der Waals surface area contributed by atoms with E-state index in [1.54, 1.807) is 4.90 Å². The van der Waals surface area contributed by atoms with E-state index in [0.29, 0.717) is 52.5 Å². The van der Waals surface area contributed by atoms with Crippen molar-refractivity contribution in [3.8, 4) is 33.6 Å². The number of alkyl carbamates (subject to hydrolysis) is 2. The number of halogens is 2. The maximum absolute atomic E-state index is 13.9. The maximum Gasteiger partial charge on any atom is 0.407 e. The fourth-order valence-electron chi connectivity index (χ4n) is 7.91. The highest BCUT2D eigenvalue weighted by Crippen LogP contribution is 2.40. The minimum absolute atomic E-state index is 0.141. The Labute approximate surface area is 349 Å². The zero-order valence-corrected chi connectivity index (χ0v) is 36.6. The van der Waals surface area contributed by atoms with Crippen LogP contribution in [0, 0.1) is 11.8 Å². The molecular weight excluding hydrogens is 799 g/mol. The van der Waals surface area contributed by atoms with Crippen molar-refractivity contribution in [2.45, 2.75) is 83.8 Å². The van der Waals surface area contributed by atoms with Crippen molar-refractivity contribution < 1.29 is 28.7 Å². The second-order valence-electron chi connectivity index (χ2n) is 16.5. The quantitative estimate of drug-likeness (QED) is 0.110. The molecule has 2 saturated heterocycles. The van der Waals surface area contributed by atoms with Crippen LogP contribution >= 0.6 is 23.2 Å². The summed E-state index contributed by atoms with van der Waals surface area (Å²) in [5.74, 6) is 0.579. The number of nitrogens with zero attached hydrogens (tertiary/aromatic N) is 4. The van der Waals surface area contributed by atoms with Crippen LogP contribution in [-0.2, 0) is 19.1 Å². The van der Waals surface area contributed by atoms with Crippen LogP contribution in [0.25, 0.3) is 33.6 Å². The molecule has 0 aliphatic carbocycles. The molecule has 2 aromatic heterocycles. The summed E-state index contributed by atoms with van der Waals surface area (Å²) < 4.78 is 9.55. The fourth-order valence-corrected chi connectivity index (χ4v) is 11.3. The van der Waals surface area contributed by atoms with E-state index in [1.807, 2.05) is 81.1 Å². The van der Waals surface area contributed by atoms with Crippen LogP contribution in [0.1, 0.15) is 64.3 Å². The van der Waals surface area contributed by atoms with E-state index >= 15 is 0 Å². The standard InChI is InChI=1S/C41H52Cl2N8O6Si/c1-22(2)30(46-40(54)56-5)38(52)50-19-9-10-28(50)36-44-32(34(42)48-36)26-15-11-24(12-16-26)25-13-17-27(18-14-25)33-35(43)49-37(45-33)29-20-58(7,8)21-51(29)39(53)31(23(3)4)47-41(55)57-6/h11-18,22-23,28-31H,9-10,19-21H2,1-8H3,(H,44,48)(H,45,49)(H,46,54)(H,47,55)/t28-,29-,30-,31-/m0/s1. The number of amides is 4. The Kier molecular flexibility index (Phi) is 12.9. The number of nitrogens with one attached hydrogen (secondary N) is 4. The highest BCUT2D eigenvalue weighted by Gasteiger charge is 2.46. The van der Waals surface area contributed by atoms with E-state index in [0.717, 1.165) is 34.7 Å². The van der Waals surface area contributed by atoms with Crippen LogP contribution in [-0.4, -0.2) is 101 Å². The Morgan fingerprint density at radius 2 is 1.12 bits per heavy atom. The van der Waals surface area contributed by atoms with Crippen LogP contribution in [0.15, 0.2) is 48.5 Å². The first-order valence-electron chi connectivity index (χ1n) is 19.5. The van der Waals surface area contributed by atoms with Gasteiger partial charge in [-0.2, -0.15) is 0 Å². The maximum atomic E-state index is 13.9. The molecule has 6 rings (SSSR count). The molecule has 58 heavy (non-hydrogen) atoms. The Bertz CT molecular complexity index is 2140. The second-order valence-corrected chi connectivity index (χ2v) is 22.3. The molecule has 4 atom stereocenters. The number of aromatic amines is 2. The molecule has 0 saturated carbocycles. The van der Waals surface area contributed by atoms with Gasteiger partial charge < -0.3 is 39.9 Å². The molecule has 0 radical (unpaired) electrons. The molecule has 2 aliphatic rings. The van der Waals surface area contributed by atoms with Crippen LogP contribution in [0.4, 0.5) is 9.59 Å². The summed E-state index contributed by atoms with van der Waals surface area (Å²) in [5.41, 5.74) is 4.99. The minimum Gasteiger partial charge on any atom is -0.453 e. The van der Waals surface area contributed by atoms with Crippen molar-refractivity contribution in [2.75, 3.05) is 26.9 Å². The van der Waals surface area contributed by atoms with E-state index in [-0.39, 0.29) is 35.7 Å². The summed E-state index contributed by atoms with van der Waals surface area (Å²) in [7, 11) is 0.745. The van der Waals surface area contributed by atoms with Crippen molar-refractivity contribution in [1.82, 2.24) is 40.4 Å². The van der Waals surface area contributed by atoms with Crippen molar-refractivity contribution in [3.63, 3.8) is 0 Å². The molecule has 0 spiro atoms. The molecule has 17 heteroatoms. The van der Waals surface area contributed by atoms with Gasteiger partial charge in [0.1, 0.15) is 23.7 Å². The zero-order valence-electron chi connectivity index (χ0n) is 34.1. The SMILES string of the molecule is COC(=O)N[C@H](C(=O)N1CCC[C@H]1c1nc(Cl)c(-c2ccc(-c3ccc(-c4[nH]c([C@@H]5C[Si](C)(C)CN5C(=O)[C@@H](NC(=O)OC)C(C)C)nc4Cl)cc3)cc2)[nH]1)C(C)C. The van der Waals surface area contributed by atoms with Gasteiger partial charge in [0, 0.05) is 23.8 Å². The van der Waals surface area contributed by atoms with Crippen molar-refractivity contribution in [2.24, 2.45) is 11.8 Å². The van der Waals surface area contributed by atoms with Gasteiger partial charge in [-0.25, -0.2) is 19.6 Å². The molecule has 4 amide bonds. The Balaban J connectivity index is 1.17. The number of methoxy groups -OCH3 is 2. The molecular formula is C41H52Cl2N8O6Si. The first-order chi connectivity index (χ1) is 27.5. The Hall–Kier alpha value is -4.86. The zero-order chi connectivity index (χ0) is 42.1. The van der Waals surface area contributed by atoms with Gasteiger partial charge in [-0.15, -0.1) is 0 Å². The highest BCUT2D eigenvalue weighted by molar-refractivity contribution is 6.78. The minimum atomic E-state index is -1.81. The predicted octanol–water partition coefficient (Wildman–Crippen LogP) is 8.00. The van der Waals surface area contributed by atoms with Crippen LogP contribution in [0.3, 0.4) is 0 Å². The highest BCUT2D eigenvalue weighted by atomic mass is 35.5. The molecule has 0 bridgehead atoms. The summed E-state index contributed by atoms with van der Waals surface area (Å²) in [4.78, 5) is 71.3. The number of carbonyl (C=O) groups excluding carboxylic acids is 4. The van der Waals surface area contributed by atoms with Gasteiger partial charge in [-0.05, 0) is 41.8 Å². The average molecular weight is 852 g/mol. The first kappa shape index (κ1) is 42.7. The van der Waals surface area contributed by atoms with Crippen LogP contribution in [0.5, 0.6) is 0 Å². The third-order valence-corrected chi connectivity index (χ3v) is 14.2. The monoisotopic (exact) mass is 850 g/mol. The molecule has 14 nitrogen and oxygen atoms in total. The van der Waals surface area contributed by atoms with E-state index in [9.17, 15) is 19.2 Å². The van der Waals surface area contributed by atoms with Gasteiger partial charge in [0.2, 0.25) is 11.8 Å². The van der Waals surface area contributed by atoms with E-state index in [4.69, 9.17) is 37.7 Å². The van der Waals surface area contributed by atoms with Crippen molar-refractivity contribution in [1.29, 1.82) is 0 Å². The number of imidazole rings is 2. The summed E-state index contributed by atoms with van der Waals surface area (Å²) in [6, 6.07) is 14.7. The largest absolute Gasteiger partial charge is 0.453 e. The van der Waals surface area contributed by atoms with Crippen LogP contribution in [0.2, 0.25) is 29.4 Å². The molecule has 310 valence electrons. The summed E-state index contributed by atoms with van der Waals surface area (Å²) in [5, 5.41) is 6.02. The van der Waals surface area contributed by atoms with Gasteiger partial charge in [0.15, 0.2) is 10.3 Å². The van der Waals surface area contributed by atoms with Gasteiger partial charge in [-0.3, -0.25) is 9.59 Å². The lowest BCUT2D eigenvalue weighted by molar-refractivity contribution is -0.136. The summed E-state index contributed by atoms with van der Waals surface area (Å²) in [6.45, 7) is 12.6. The predicted molar refractivity (Wildman–Crippen MR) is 226 cm³/mol. The van der Waals surface area contributed by atoms with Crippen molar-refractivity contribution in [3.05, 3.63) is 70.5 Å². The third kappa shape index (κ3) is 9.06. The number of benzene rings is 2.